The molecular formula is C15H19NO. The Bertz CT molecular complexity index is 404. The number of carbonyl (C=O) groups excluding carboxylic acids is 1. The van der Waals surface area contributed by atoms with Crippen molar-refractivity contribution in [3.63, 3.8) is 0 Å². The van der Waals surface area contributed by atoms with Crippen LogP contribution in [0.3, 0.4) is 0 Å². The van der Waals surface area contributed by atoms with Crippen LogP contribution in [0.5, 0.6) is 0 Å². The number of β-lactam (4-membered cyclic amide) rings is 1. The smallest absolute Gasteiger partial charge is 0.229 e. The average Bonchev–Trinajstić information content (AvgIpc) is 2.64. The van der Waals surface area contributed by atoms with Crippen molar-refractivity contribution < 1.29 is 4.79 Å². The summed E-state index contributed by atoms with van der Waals surface area (Å²) in [4.78, 5) is 12.0. The standard InChI is InChI=1S/C15H19NO/c17-14-15(10-6-1-2-7-11-15)13(16-14)12-8-4-3-5-9-12/h3-5,8-9,13H,1-2,6-7,10-11H2,(H,16,17)/t13-/m0/s1. The first-order valence-corrected chi connectivity index (χ1v) is 6.69. The van der Waals surface area contributed by atoms with E-state index in [0.29, 0.717) is 0 Å². The lowest BCUT2D eigenvalue weighted by molar-refractivity contribution is -0.148. The highest BCUT2D eigenvalue weighted by Crippen LogP contribution is 2.51. The Balaban J connectivity index is 1.89. The summed E-state index contributed by atoms with van der Waals surface area (Å²) in [6, 6.07) is 10.7. The van der Waals surface area contributed by atoms with Crippen molar-refractivity contribution in [2.75, 3.05) is 0 Å². The maximum Gasteiger partial charge on any atom is 0.229 e. The zero-order chi connectivity index (χ0) is 11.7. The quantitative estimate of drug-likeness (QED) is 0.736. The second-order valence-corrected chi connectivity index (χ2v) is 5.39. The molecule has 90 valence electrons. The number of carbonyl (C=O) groups is 1. The minimum atomic E-state index is -0.0855. The molecule has 1 aromatic carbocycles. The lowest BCUT2D eigenvalue weighted by Crippen LogP contribution is -2.60. The first-order chi connectivity index (χ1) is 8.33. The molecule has 2 fully saturated rings. The minimum Gasteiger partial charge on any atom is -0.348 e. The highest BCUT2D eigenvalue weighted by Gasteiger charge is 2.54. The summed E-state index contributed by atoms with van der Waals surface area (Å²) in [5, 5.41) is 3.11. The second-order valence-electron chi connectivity index (χ2n) is 5.39. The first kappa shape index (κ1) is 10.8. The van der Waals surface area contributed by atoms with Crippen LogP contribution >= 0.6 is 0 Å². The summed E-state index contributed by atoms with van der Waals surface area (Å²) >= 11 is 0. The van der Waals surface area contributed by atoms with E-state index >= 15 is 0 Å². The minimum absolute atomic E-state index is 0.0855. The van der Waals surface area contributed by atoms with Crippen LogP contribution in [0, 0.1) is 5.41 Å². The lowest BCUT2D eigenvalue weighted by atomic mass is 9.65. The van der Waals surface area contributed by atoms with Gasteiger partial charge in [-0.05, 0) is 18.4 Å². The van der Waals surface area contributed by atoms with Crippen molar-refractivity contribution in [2.24, 2.45) is 5.41 Å². The van der Waals surface area contributed by atoms with Gasteiger partial charge in [0.05, 0.1) is 11.5 Å². The molecule has 3 rings (SSSR count). The van der Waals surface area contributed by atoms with Gasteiger partial charge in [0, 0.05) is 0 Å². The second kappa shape index (κ2) is 4.17. The van der Waals surface area contributed by atoms with Crippen molar-refractivity contribution in [1.82, 2.24) is 5.32 Å². The van der Waals surface area contributed by atoms with Gasteiger partial charge in [0.1, 0.15) is 0 Å². The van der Waals surface area contributed by atoms with E-state index in [0.717, 1.165) is 12.8 Å². The van der Waals surface area contributed by atoms with E-state index in [9.17, 15) is 4.79 Å². The van der Waals surface area contributed by atoms with Gasteiger partial charge in [-0.25, -0.2) is 0 Å². The summed E-state index contributed by atoms with van der Waals surface area (Å²) in [7, 11) is 0. The third kappa shape index (κ3) is 1.67. The van der Waals surface area contributed by atoms with E-state index in [2.05, 4.69) is 29.6 Å². The van der Waals surface area contributed by atoms with Crippen molar-refractivity contribution in [3.8, 4) is 0 Å². The molecule has 2 nitrogen and oxygen atoms in total. The fourth-order valence-corrected chi connectivity index (χ4v) is 3.39. The molecule has 1 saturated carbocycles. The van der Waals surface area contributed by atoms with E-state index in [1.54, 1.807) is 0 Å². The molecule has 2 aliphatic rings. The monoisotopic (exact) mass is 229 g/mol. The Kier molecular flexibility index (Phi) is 2.65. The van der Waals surface area contributed by atoms with E-state index in [-0.39, 0.29) is 17.4 Å². The topological polar surface area (TPSA) is 29.1 Å². The van der Waals surface area contributed by atoms with Crippen molar-refractivity contribution in [3.05, 3.63) is 35.9 Å². The summed E-state index contributed by atoms with van der Waals surface area (Å²) < 4.78 is 0. The highest BCUT2D eigenvalue weighted by atomic mass is 16.2. The first-order valence-electron chi connectivity index (χ1n) is 6.69. The molecule has 17 heavy (non-hydrogen) atoms. The predicted molar refractivity (Wildman–Crippen MR) is 67.5 cm³/mol. The van der Waals surface area contributed by atoms with Gasteiger partial charge in [0.2, 0.25) is 5.91 Å². The maximum atomic E-state index is 12.0. The molecule has 1 spiro atoms. The highest BCUT2D eigenvalue weighted by molar-refractivity contribution is 5.90. The van der Waals surface area contributed by atoms with Gasteiger partial charge in [-0.1, -0.05) is 56.0 Å². The molecule has 1 heterocycles. The van der Waals surface area contributed by atoms with Gasteiger partial charge in [0.25, 0.3) is 0 Å². The van der Waals surface area contributed by atoms with Gasteiger partial charge in [-0.2, -0.15) is 0 Å². The van der Waals surface area contributed by atoms with Crippen LogP contribution in [-0.4, -0.2) is 5.91 Å². The van der Waals surface area contributed by atoms with Gasteiger partial charge in [-0.15, -0.1) is 0 Å². The normalized spacial score (nSPS) is 27.1. The molecule has 1 aliphatic heterocycles. The van der Waals surface area contributed by atoms with Crippen LogP contribution in [0.25, 0.3) is 0 Å². The van der Waals surface area contributed by atoms with E-state index in [1.807, 2.05) is 6.07 Å². The molecule has 1 N–H and O–H groups in total. The summed E-state index contributed by atoms with van der Waals surface area (Å²) in [6.07, 6.45) is 7.12. The maximum absolute atomic E-state index is 12.0. The molecule has 1 atom stereocenters. The summed E-state index contributed by atoms with van der Waals surface area (Å²) in [5.74, 6) is 0.285. The van der Waals surface area contributed by atoms with Crippen LogP contribution < -0.4 is 5.32 Å². The Morgan fingerprint density at radius 3 is 2.24 bits per heavy atom. The van der Waals surface area contributed by atoms with E-state index in [1.165, 1.54) is 31.2 Å². The van der Waals surface area contributed by atoms with Crippen LogP contribution in [0.1, 0.15) is 50.1 Å². The molecular weight excluding hydrogens is 210 g/mol. The Hall–Kier alpha value is -1.31. The number of hydrogen-bond donors (Lipinski definition) is 1. The molecule has 2 heteroatoms. The SMILES string of the molecule is O=C1N[C@@H](c2ccccc2)C12CCCCCC2. The van der Waals surface area contributed by atoms with Crippen LogP contribution in [0.2, 0.25) is 0 Å². The number of hydrogen-bond acceptors (Lipinski definition) is 1. The number of benzene rings is 1. The van der Waals surface area contributed by atoms with Gasteiger partial charge in [0.15, 0.2) is 0 Å². The lowest BCUT2D eigenvalue weighted by Gasteiger charge is -2.49. The number of rotatable bonds is 1. The Morgan fingerprint density at radius 1 is 1.00 bits per heavy atom. The third-order valence-corrected chi connectivity index (χ3v) is 4.41. The number of nitrogens with one attached hydrogen (secondary N) is 1. The number of amides is 1. The fourth-order valence-electron chi connectivity index (χ4n) is 3.39. The fraction of sp³-hybridized carbons (Fsp3) is 0.533. The molecule has 0 radical (unpaired) electrons. The predicted octanol–water partition coefficient (Wildman–Crippen LogP) is 3.20. The molecule has 1 saturated heterocycles. The zero-order valence-corrected chi connectivity index (χ0v) is 10.1. The van der Waals surface area contributed by atoms with Gasteiger partial charge < -0.3 is 5.32 Å². The largest absolute Gasteiger partial charge is 0.348 e. The molecule has 1 amide bonds. The van der Waals surface area contributed by atoms with E-state index in [4.69, 9.17) is 0 Å². The Labute approximate surface area is 102 Å². The summed E-state index contributed by atoms with van der Waals surface area (Å²) in [5.41, 5.74) is 1.19. The van der Waals surface area contributed by atoms with E-state index < -0.39 is 0 Å². The molecule has 0 aromatic heterocycles. The Morgan fingerprint density at radius 2 is 1.65 bits per heavy atom. The van der Waals surface area contributed by atoms with Crippen molar-refractivity contribution in [1.29, 1.82) is 0 Å². The van der Waals surface area contributed by atoms with Gasteiger partial charge in [-0.3, -0.25) is 4.79 Å². The average molecular weight is 229 g/mol. The van der Waals surface area contributed by atoms with Crippen molar-refractivity contribution >= 4 is 5.91 Å². The van der Waals surface area contributed by atoms with Crippen molar-refractivity contribution in [2.45, 2.75) is 44.6 Å². The zero-order valence-electron chi connectivity index (χ0n) is 10.1. The van der Waals surface area contributed by atoms with Crippen LogP contribution in [-0.2, 0) is 4.79 Å². The summed E-state index contributed by atoms with van der Waals surface area (Å²) in [6.45, 7) is 0. The molecule has 0 bridgehead atoms. The van der Waals surface area contributed by atoms with Crippen LogP contribution in [0.4, 0.5) is 0 Å². The molecule has 1 aliphatic carbocycles. The molecule has 0 unspecified atom stereocenters. The van der Waals surface area contributed by atoms with Crippen LogP contribution in [0.15, 0.2) is 30.3 Å². The van der Waals surface area contributed by atoms with Gasteiger partial charge >= 0.3 is 0 Å². The third-order valence-electron chi connectivity index (χ3n) is 4.41. The molecule has 1 aromatic rings.